The van der Waals surface area contributed by atoms with Crippen molar-refractivity contribution in [2.75, 3.05) is 19.7 Å². The molecule has 0 radical (unpaired) electrons. The Morgan fingerprint density at radius 3 is 2.35 bits per heavy atom. The summed E-state index contributed by atoms with van der Waals surface area (Å²) in [6, 6.07) is 0. The van der Waals surface area contributed by atoms with Gasteiger partial charge in [-0.1, -0.05) is 0 Å². The molecule has 96 valence electrons. The van der Waals surface area contributed by atoms with Gasteiger partial charge in [0, 0.05) is 13.1 Å². The Hall–Kier alpha value is -1.30. The zero-order chi connectivity index (χ0) is 12.8. The SMILES string of the molecule is CC(C)(C)OC(=O)N1CC2(COC2C(=O)O)C1. The van der Waals surface area contributed by atoms with Gasteiger partial charge >= 0.3 is 12.1 Å². The Labute approximate surface area is 99.5 Å². The number of likely N-dealkylation sites (tertiary alicyclic amines) is 1. The minimum atomic E-state index is -0.958. The minimum absolute atomic E-state index is 0.386. The van der Waals surface area contributed by atoms with Gasteiger partial charge in [-0.25, -0.2) is 9.59 Å². The molecular weight excluding hydrogens is 226 g/mol. The molecule has 6 nitrogen and oxygen atoms in total. The van der Waals surface area contributed by atoms with Gasteiger partial charge in [0.15, 0.2) is 6.10 Å². The van der Waals surface area contributed by atoms with E-state index in [4.69, 9.17) is 14.6 Å². The second-order valence-electron chi connectivity index (χ2n) is 5.73. The molecule has 2 heterocycles. The van der Waals surface area contributed by atoms with E-state index in [0.29, 0.717) is 19.7 Å². The molecule has 2 fully saturated rings. The lowest BCUT2D eigenvalue weighted by Gasteiger charge is -2.57. The van der Waals surface area contributed by atoms with Crippen LogP contribution in [-0.4, -0.2) is 53.5 Å². The van der Waals surface area contributed by atoms with E-state index in [2.05, 4.69) is 0 Å². The zero-order valence-corrected chi connectivity index (χ0v) is 10.2. The van der Waals surface area contributed by atoms with Crippen LogP contribution in [0.3, 0.4) is 0 Å². The molecule has 0 aromatic carbocycles. The number of carboxylic acids is 1. The molecule has 2 rings (SSSR count). The Balaban J connectivity index is 1.87. The summed E-state index contributed by atoms with van der Waals surface area (Å²) in [7, 11) is 0. The standard InChI is InChI=1S/C11H17NO5/c1-10(2,3)17-9(15)12-4-11(5-12)6-16-7(11)8(13)14/h7H,4-6H2,1-3H3,(H,13,14). The number of carbonyl (C=O) groups excluding carboxylic acids is 1. The second kappa shape index (κ2) is 3.60. The highest BCUT2D eigenvalue weighted by molar-refractivity contribution is 5.77. The molecule has 0 aliphatic carbocycles. The Bertz CT molecular complexity index is 353. The first-order valence-electron chi connectivity index (χ1n) is 5.56. The zero-order valence-electron chi connectivity index (χ0n) is 10.2. The molecule has 1 amide bonds. The van der Waals surface area contributed by atoms with Crippen molar-refractivity contribution in [2.45, 2.75) is 32.5 Å². The third kappa shape index (κ3) is 2.09. The maximum absolute atomic E-state index is 11.7. The fourth-order valence-corrected chi connectivity index (χ4v) is 2.16. The van der Waals surface area contributed by atoms with Crippen molar-refractivity contribution in [2.24, 2.45) is 5.41 Å². The van der Waals surface area contributed by atoms with E-state index in [0.717, 1.165) is 0 Å². The van der Waals surface area contributed by atoms with Gasteiger partial charge in [0.2, 0.25) is 0 Å². The van der Waals surface area contributed by atoms with E-state index in [-0.39, 0.29) is 11.5 Å². The first kappa shape index (κ1) is 12.2. The number of amides is 1. The van der Waals surface area contributed by atoms with Crippen LogP contribution in [0.2, 0.25) is 0 Å². The van der Waals surface area contributed by atoms with Gasteiger partial charge in [-0.15, -0.1) is 0 Å². The summed E-state index contributed by atoms with van der Waals surface area (Å²) in [5, 5.41) is 8.89. The summed E-state index contributed by atoms with van der Waals surface area (Å²) in [6.07, 6.45) is -1.17. The molecule has 1 unspecified atom stereocenters. The maximum atomic E-state index is 11.7. The molecule has 0 bridgehead atoms. The second-order valence-corrected chi connectivity index (χ2v) is 5.73. The van der Waals surface area contributed by atoms with Crippen molar-refractivity contribution in [1.82, 2.24) is 4.90 Å². The molecular formula is C11H17NO5. The number of hydrogen-bond donors (Lipinski definition) is 1. The van der Waals surface area contributed by atoms with Gasteiger partial charge in [-0.3, -0.25) is 0 Å². The van der Waals surface area contributed by atoms with Gasteiger partial charge in [0.1, 0.15) is 5.60 Å². The Morgan fingerprint density at radius 1 is 1.41 bits per heavy atom. The van der Waals surface area contributed by atoms with Crippen LogP contribution in [0.25, 0.3) is 0 Å². The van der Waals surface area contributed by atoms with Gasteiger partial charge < -0.3 is 19.5 Å². The number of aliphatic carboxylic acids is 1. The van der Waals surface area contributed by atoms with E-state index in [9.17, 15) is 9.59 Å². The predicted molar refractivity (Wildman–Crippen MR) is 57.6 cm³/mol. The molecule has 0 aromatic heterocycles. The molecule has 2 aliphatic rings. The number of carbonyl (C=O) groups is 2. The van der Waals surface area contributed by atoms with Crippen molar-refractivity contribution in [3.05, 3.63) is 0 Å². The lowest BCUT2D eigenvalue weighted by Crippen LogP contribution is -2.73. The molecule has 0 saturated carbocycles. The summed E-state index contributed by atoms with van der Waals surface area (Å²) < 4.78 is 10.2. The van der Waals surface area contributed by atoms with Crippen LogP contribution >= 0.6 is 0 Å². The topological polar surface area (TPSA) is 76.1 Å². The lowest BCUT2D eigenvalue weighted by molar-refractivity contribution is -0.244. The average Bonchev–Trinajstić information content (AvgIpc) is 1.93. The van der Waals surface area contributed by atoms with Gasteiger partial charge in [-0.05, 0) is 20.8 Å². The van der Waals surface area contributed by atoms with E-state index < -0.39 is 17.7 Å². The number of carboxylic acid groups (broad SMARTS) is 1. The van der Waals surface area contributed by atoms with Crippen LogP contribution in [-0.2, 0) is 14.3 Å². The molecule has 1 atom stereocenters. The van der Waals surface area contributed by atoms with Gasteiger partial charge in [0.05, 0.1) is 12.0 Å². The largest absolute Gasteiger partial charge is 0.479 e. The molecule has 6 heteroatoms. The molecule has 2 saturated heterocycles. The first-order chi connectivity index (χ1) is 7.73. The lowest BCUT2D eigenvalue weighted by atomic mass is 9.71. The van der Waals surface area contributed by atoms with Crippen molar-refractivity contribution in [3.63, 3.8) is 0 Å². The molecule has 1 N–H and O–H groups in total. The summed E-state index contributed by atoms with van der Waals surface area (Å²) in [6.45, 7) is 6.61. The Morgan fingerprint density at radius 2 is 2.00 bits per heavy atom. The van der Waals surface area contributed by atoms with E-state index >= 15 is 0 Å². The molecule has 0 aromatic rings. The number of rotatable bonds is 1. The van der Waals surface area contributed by atoms with Crippen LogP contribution in [0.15, 0.2) is 0 Å². The van der Waals surface area contributed by atoms with E-state index in [1.165, 1.54) is 4.90 Å². The van der Waals surface area contributed by atoms with E-state index in [1.807, 2.05) is 0 Å². The number of nitrogens with zero attached hydrogens (tertiary/aromatic N) is 1. The highest BCUT2D eigenvalue weighted by atomic mass is 16.6. The normalized spacial score (nSPS) is 26.1. The average molecular weight is 243 g/mol. The van der Waals surface area contributed by atoms with Crippen molar-refractivity contribution >= 4 is 12.1 Å². The summed E-state index contributed by atoms with van der Waals surface area (Å²) in [5.74, 6) is -0.958. The molecule has 1 spiro atoms. The third-order valence-corrected chi connectivity index (χ3v) is 2.98. The van der Waals surface area contributed by atoms with Crippen LogP contribution < -0.4 is 0 Å². The quantitative estimate of drug-likeness (QED) is 0.734. The van der Waals surface area contributed by atoms with Crippen LogP contribution in [0.1, 0.15) is 20.8 Å². The number of ether oxygens (including phenoxy) is 2. The van der Waals surface area contributed by atoms with Gasteiger partial charge in [0.25, 0.3) is 0 Å². The van der Waals surface area contributed by atoms with Gasteiger partial charge in [-0.2, -0.15) is 0 Å². The summed E-state index contributed by atoms with van der Waals surface area (Å²) in [5.41, 5.74) is -0.912. The fourth-order valence-electron chi connectivity index (χ4n) is 2.16. The van der Waals surface area contributed by atoms with Crippen molar-refractivity contribution < 1.29 is 24.2 Å². The van der Waals surface area contributed by atoms with E-state index in [1.54, 1.807) is 20.8 Å². The van der Waals surface area contributed by atoms with Crippen LogP contribution in [0, 0.1) is 5.41 Å². The highest BCUT2D eigenvalue weighted by Gasteiger charge is 2.61. The maximum Gasteiger partial charge on any atom is 0.410 e. The molecule has 2 aliphatic heterocycles. The first-order valence-corrected chi connectivity index (χ1v) is 5.56. The number of hydrogen-bond acceptors (Lipinski definition) is 4. The monoisotopic (exact) mass is 243 g/mol. The van der Waals surface area contributed by atoms with Crippen LogP contribution in [0.5, 0.6) is 0 Å². The van der Waals surface area contributed by atoms with Crippen molar-refractivity contribution in [3.8, 4) is 0 Å². The van der Waals surface area contributed by atoms with Crippen LogP contribution in [0.4, 0.5) is 4.79 Å². The van der Waals surface area contributed by atoms with Crippen molar-refractivity contribution in [1.29, 1.82) is 0 Å². The summed E-state index contributed by atoms with van der Waals surface area (Å²) >= 11 is 0. The molecule has 17 heavy (non-hydrogen) atoms. The third-order valence-electron chi connectivity index (χ3n) is 2.98. The highest BCUT2D eigenvalue weighted by Crippen LogP contribution is 2.43. The fraction of sp³-hybridized carbons (Fsp3) is 0.818. The minimum Gasteiger partial charge on any atom is -0.479 e. The predicted octanol–water partition coefficient (Wildman–Crippen LogP) is 0.707. The Kier molecular flexibility index (Phi) is 2.57. The smallest absolute Gasteiger partial charge is 0.410 e. The summed E-state index contributed by atoms with van der Waals surface area (Å²) in [4.78, 5) is 24.0.